The number of thioether (sulfide) groups is 1. The minimum absolute atomic E-state index is 0.326. The summed E-state index contributed by atoms with van der Waals surface area (Å²) in [5, 5.41) is 0. The van der Waals surface area contributed by atoms with Crippen LogP contribution in [0.2, 0.25) is 0 Å². The van der Waals surface area contributed by atoms with Crippen molar-refractivity contribution in [3.05, 3.63) is 22.2 Å². The van der Waals surface area contributed by atoms with Crippen molar-refractivity contribution in [2.75, 3.05) is 29.5 Å². The Morgan fingerprint density at radius 3 is 2.76 bits per heavy atom. The standard InChI is InChI=1S/C13H19BrN2S/c1-9-6-12(10(14)7-11(9)15)16-4-5-17-13(2,3)8-16/h6-7H,4-5,8,15H2,1-3H3. The van der Waals surface area contributed by atoms with Gasteiger partial charge in [0.25, 0.3) is 0 Å². The molecule has 0 radical (unpaired) electrons. The third-order valence-corrected chi connectivity index (χ3v) is 5.03. The maximum atomic E-state index is 5.92. The summed E-state index contributed by atoms with van der Waals surface area (Å²) in [6, 6.07) is 4.20. The van der Waals surface area contributed by atoms with Crippen LogP contribution in [-0.2, 0) is 0 Å². The molecule has 1 saturated heterocycles. The van der Waals surface area contributed by atoms with E-state index in [1.54, 1.807) is 0 Å². The molecule has 1 aromatic rings. The highest BCUT2D eigenvalue weighted by molar-refractivity contribution is 9.10. The molecule has 17 heavy (non-hydrogen) atoms. The largest absolute Gasteiger partial charge is 0.398 e. The Hall–Kier alpha value is -0.350. The zero-order valence-electron chi connectivity index (χ0n) is 10.6. The van der Waals surface area contributed by atoms with Crippen LogP contribution in [0.1, 0.15) is 19.4 Å². The van der Waals surface area contributed by atoms with Gasteiger partial charge in [-0.05, 0) is 54.4 Å². The number of rotatable bonds is 1. The molecule has 0 aliphatic carbocycles. The summed E-state index contributed by atoms with van der Waals surface area (Å²) < 4.78 is 1.43. The Morgan fingerprint density at radius 1 is 1.41 bits per heavy atom. The second-order valence-electron chi connectivity index (χ2n) is 5.19. The van der Waals surface area contributed by atoms with E-state index >= 15 is 0 Å². The normalized spacial score (nSPS) is 19.4. The number of nitrogens with zero attached hydrogens (tertiary/aromatic N) is 1. The van der Waals surface area contributed by atoms with Gasteiger partial charge in [0.1, 0.15) is 0 Å². The van der Waals surface area contributed by atoms with Crippen LogP contribution in [0.4, 0.5) is 11.4 Å². The summed E-state index contributed by atoms with van der Waals surface area (Å²) in [4.78, 5) is 2.45. The summed E-state index contributed by atoms with van der Waals surface area (Å²) >= 11 is 5.68. The molecule has 2 rings (SSSR count). The van der Waals surface area contributed by atoms with Crippen molar-refractivity contribution >= 4 is 39.1 Å². The average molecular weight is 315 g/mol. The second kappa shape index (κ2) is 4.73. The molecule has 2 N–H and O–H groups in total. The number of benzene rings is 1. The van der Waals surface area contributed by atoms with Crippen molar-refractivity contribution in [3.63, 3.8) is 0 Å². The number of hydrogen-bond donors (Lipinski definition) is 1. The Bertz CT molecular complexity index is 432. The third kappa shape index (κ3) is 2.91. The van der Waals surface area contributed by atoms with Gasteiger partial charge in [0.2, 0.25) is 0 Å². The number of hydrogen-bond acceptors (Lipinski definition) is 3. The fourth-order valence-corrected chi connectivity index (χ4v) is 3.87. The van der Waals surface area contributed by atoms with Gasteiger partial charge in [-0.2, -0.15) is 11.8 Å². The zero-order valence-corrected chi connectivity index (χ0v) is 13.0. The fraction of sp³-hybridized carbons (Fsp3) is 0.538. The molecular formula is C13H19BrN2S. The van der Waals surface area contributed by atoms with Crippen LogP contribution in [0.3, 0.4) is 0 Å². The number of nitrogens with two attached hydrogens (primary N) is 1. The predicted molar refractivity (Wildman–Crippen MR) is 82.0 cm³/mol. The van der Waals surface area contributed by atoms with E-state index in [1.807, 2.05) is 6.07 Å². The lowest BCUT2D eigenvalue weighted by atomic mass is 10.1. The summed E-state index contributed by atoms with van der Waals surface area (Å²) in [5.41, 5.74) is 9.19. The number of anilines is 2. The molecule has 0 bridgehead atoms. The first-order valence-corrected chi connectivity index (χ1v) is 7.61. The highest BCUT2D eigenvalue weighted by atomic mass is 79.9. The average Bonchev–Trinajstić information content (AvgIpc) is 2.22. The van der Waals surface area contributed by atoms with Gasteiger partial charge in [0.15, 0.2) is 0 Å². The lowest BCUT2D eigenvalue weighted by Gasteiger charge is -2.39. The summed E-state index contributed by atoms with van der Waals surface area (Å²) in [6.45, 7) is 8.87. The van der Waals surface area contributed by atoms with E-state index in [4.69, 9.17) is 5.73 Å². The Balaban J connectivity index is 2.31. The van der Waals surface area contributed by atoms with Crippen molar-refractivity contribution in [2.45, 2.75) is 25.5 Å². The van der Waals surface area contributed by atoms with Crippen LogP contribution in [0.5, 0.6) is 0 Å². The number of halogens is 1. The SMILES string of the molecule is Cc1cc(N2CCSC(C)(C)C2)c(Br)cc1N. The quantitative estimate of drug-likeness (QED) is 0.802. The van der Waals surface area contributed by atoms with Crippen molar-refractivity contribution in [2.24, 2.45) is 0 Å². The molecule has 1 aliphatic heterocycles. The number of nitrogen functional groups attached to an aromatic ring is 1. The number of aryl methyl sites for hydroxylation is 1. The molecule has 0 atom stereocenters. The van der Waals surface area contributed by atoms with Gasteiger partial charge in [-0.25, -0.2) is 0 Å². The van der Waals surface area contributed by atoms with E-state index in [-0.39, 0.29) is 0 Å². The first-order valence-electron chi connectivity index (χ1n) is 5.83. The van der Waals surface area contributed by atoms with E-state index < -0.39 is 0 Å². The van der Waals surface area contributed by atoms with Crippen LogP contribution in [0, 0.1) is 6.92 Å². The maximum absolute atomic E-state index is 5.92. The van der Waals surface area contributed by atoms with E-state index in [0.29, 0.717) is 4.75 Å². The van der Waals surface area contributed by atoms with E-state index in [1.165, 1.54) is 11.4 Å². The smallest absolute Gasteiger partial charge is 0.0515 e. The van der Waals surface area contributed by atoms with E-state index in [2.05, 4.69) is 59.4 Å². The van der Waals surface area contributed by atoms with Gasteiger partial charge < -0.3 is 10.6 Å². The topological polar surface area (TPSA) is 29.3 Å². The molecule has 94 valence electrons. The molecule has 1 fully saturated rings. The Morgan fingerprint density at radius 2 is 2.12 bits per heavy atom. The fourth-order valence-electron chi connectivity index (χ4n) is 2.15. The molecule has 1 heterocycles. The second-order valence-corrected chi connectivity index (χ2v) is 7.85. The van der Waals surface area contributed by atoms with Crippen molar-refractivity contribution in [3.8, 4) is 0 Å². The minimum atomic E-state index is 0.326. The van der Waals surface area contributed by atoms with Crippen molar-refractivity contribution < 1.29 is 0 Å². The van der Waals surface area contributed by atoms with Crippen LogP contribution >= 0.6 is 27.7 Å². The van der Waals surface area contributed by atoms with Crippen LogP contribution in [-0.4, -0.2) is 23.6 Å². The monoisotopic (exact) mass is 314 g/mol. The lowest BCUT2D eigenvalue weighted by Crippen LogP contribution is -2.43. The molecule has 0 amide bonds. The maximum Gasteiger partial charge on any atom is 0.0515 e. The van der Waals surface area contributed by atoms with Crippen molar-refractivity contribution in [1.29, 1.82) is 0 Å². The molecule has 0 aromatic heterocycles. The molecule has 0 saturated carbocycles. The van der Waals surface area contributed by atoms with Gasteiger partial charge in [0.05, 0.1) is 5.69 Å². The highest BCUT2D eigenvalue weighted by Crippen LogP contribution is 2.36. The third-order valence-electron chi connectivity index (χ3n) is 3.10. The molecule has 1 aromatic carbocycles. The van der Waals surface area contributed by atoms with Crippen LogP contribution < -0.4 is 10.6 Å². The molecule has 0 unspecified atom stereocenters. The summed E-state index contributed by atoms with van der Waals surface area (Å²) in [5.74, 6) is 1.18. The Kier molecular flexibility index (Phi) is 3.64. The van der Waals surface area contributed by atoms with Crippen LogP contribution in [0.15, 0.2) is 16.6 Å². The van der Waals surface area contributed by atoms with Gasteiger partial charge in [-0.1, -0.05) is 0 Å². The minimum Gasteiger partial charge on any atom is -0.398 e. The molecular weight excluding hydrogens is 296 g/mol. The summed E-state index contributed by atoms with van der Waals surface area (Å²) in [6.07, 6.45) is 0. The van der Waals surface area contributed by atoms with Crippen molar-refractivity contribution in [1.82, 2.24) is 0 Å². The lowest BCUT2D eigenvalue weighted by molar-refractivity contribution is 0.647. The first kappa shape index (κ1) is 13.1. The molecule has 4 heteroatoms. The van der Waals surface area contributed by atoms with Gasteiger partial charge >= 0.3 is 0 Å². The van der Waals surface area contributed by atoms with E-state index in [9.17, 15) is 0 Å². The molecule has 0 spiro atoms. The van der Waals surface area contributed by atoms with Gasteiger partial charge in [-0.3, -0.25) is 0 Å². The zero-order chi connectivity index (χ0) is 12.6. The first-order chi connectivity index (χ1) is 7.89. The highest BCUT2D eigenvalue weighted by Gasteiger charge is 2.28. The van der Waals surface area contributed by atoms with Gasteiger partial charge in [0, 0.05) is 33.7 Å². The van der Waals surface area contributed by atoms with Crippen LogP contribution in [0.25, 0.3) is 0 Å². The Labute approximate surface area is 116 Å². The summed E-state index contributed by atoms with van der Waals surface area (Å²) in [7, 11) is 0. The van der Waals surface area contributed by atoms with Gasteiger partial charge in [-0.15, -0.1) is 0 Å². The van der Waals surface area contributed by atoms with E-state index in [0.717, 1.165) is 28.8 Å². The molecule has 2 nitrogen and oxygen atoms in total. The molecule has 1 aliphatic rings. The predicted octanol–water partition coefficient (Wildman–Crippen LogP) is 3.67.